The Balaban J connectivity index is 0.000000686. The molecule has 0 heterocycles. The van der Waals surface area contributed by atoms with Gasteiger partial charge in [0.15, 0.2) is 0 Å². The second kappa shape index (κ2) is 20.9. The normalized spacial score (nSPS) is 15.9. The SMILES string of the molecule is CC.CCC(C=O)NC(=O)C1=CCC2=CC=C(OCC3=C(C)C=CCC=C3)CC=C2C=C1.CO.c1ccccc1. The Labute approximate surface area is 240 Å². The summed E-state index contributed by atoms with van der Waals surface area (Å²) in [7, 11) is 1.00. The highest BCUT2D eigenvalue weighted by atomic mass is 16.5. The smallest absolute Gasteiger partial charge is 0.251 e. The van der Waals surface area contributed by atoms with Crippen molar-refractivity contribution in [3.05, 3.63) is 131 Å². The molecule has 0 spiro atoms. The fraction of sp³-hybridized carbons (Fsp3) is 0.314. The van der Waals surface area contributed by atoms with Gasteiger partial charge in [-0.3, -0.25) is 4.79 Å². The van der Waals surface area contributed by atoms with E-state index in [1.807, 2.05) is 81.5 Å². The molecule has 0 saturated carbocycles. The van der Waals surface area contributed by atoms with E-state index in [1.165, 1.54) is 11.1 Å². The number of aldehydes is 1. The average molecular weight is 544 g/mol. The first kappa shape index (κ1) is 34.1. The van der Waals surface area contributed by atoms with Crippen LogP contribution in [0.2, 0.25) is 0 Å². The van der Waals surface area contributed by atoms with Crippen LogP contribution in [0, 0.1) is 0 Å². The van der Waals surface area contributed by atoms with Crippen LogP contribution in [-0.4, -0.2) is 37.1 Å². The summed E-state index contributed by atoms with van der Waals surface area (Å²) < 4.78 is 6.09. The molecule has 0 aromatic heterocycles. The highest BCUT2D eigenvalue weighted by Gasteiger charge is 2.16. The fourth-order valence-corrected chi connectivity index (χ4v) is 3.78. The number of carbonyl (C=O) groups excluding carboxylic acids is 2. The Morgan fingerprint density at radius 3 is 2.23 bits per heavy atom. The minimum Gasteiger partial charge on any atom is -0.493 e. The number of benzene rings is 1. The third kappa shape index (κ3) is 12.3. The average Bonchev–Trinajstić information content (AvgIpc) is 3.44. The van der Waals surface area contributed by atoms with E-state index in [-0.39, 0.29) is 5.91 Å². The quantitative estimate of drug-likeness (QED) is 0.355. The Bertz CT molecular complexity index is 1130. The third-order valence-electron chi connectivity index (χ3n) is 6.08. The maximum Gasteiger partial charge on any atom is 0.251 e. The van der Waals surface area contributed by atoms with Gasteiger partial charge in [-0.05, 0) is 60.6 Å². The largest absolute Gasteiger partial charge is 0.493 e. The van der Waals surface area contributed by atoms with Crippen molar-refractivity contribution in [1.29, 1.82) is 0 Å². The zero-order chi connectivity index (χ0) is 29.6. The standard InChI is InChI=1S/C26H29NO3.C6H6.C2H6.CH4O/c1-3-24(17-28)27-26(29)22-11-9-20-13-15-25(16-14-21(20)10-12-22)30-18-23-8-6-4-5-7-19(23)2;1-2-4-6-5-3-1;2*1-2/h5-9,11-14,16-17,24H,3-4,10,15,18H2,1-2H3,(H,27,29);1-6H;1-2H3;2H,1H3. The zero-order valence-corrected chi connectivity index (χ0v) is 24.6. The molecule has 0 saturated heterocycles. The van der Waals surface area contributed by atoms with Crippen LogP contribution in [0.5, 0.6) is 0 Å². The van der Waals surface area contributed by atoms with E-state index in [0.29, 0.717) is 31.4 Å². The van der Waals surface area contributed by atoms with Crippen molar-refractivity contribution in [3.63, 3.8) is 0 Å². The molecule has 214 valence electrons. The number of rotatable bonds is 7. The van der Waals surface area contributed by atoms with Gasteiger partial charge in [0, 0.05) is 19.1 Å². The minimum atomic E-state index is -0.445. The van der Waals surface area contributed by atoms with Gasteiger partial charge in [0.05, 0.1) is 6.04 Å². The van der Waals surface area contributed by atoms with Crippen molar-refractivity contribution in [3.8, 4) is 0 Å². The molecular weight excluding hydrogens is 498 g/mol. The summed E-state index contributed by atoms with van der Waals surface area (Å²) >= 11 is 0. The Morgan fingerprint density at radius 2 is 1.60 bits per heavy atom. The predicted molar refractivity (Wildman–Crippen MR) is 166 cm³/mol. The summed E-state index contributed by atoms with van der Waals surface area (Å²) in [6, 6.07) is 11.6. The molecule has 1 atom stereocenters. The number of hydrogen-bond acceptors (Lipinski definition) is 4. The van der Waals surface area contributed by atoms with E-state index < -0.39 is 6.04 Å². The number of carbonyl (C=O) groups is 2. The number of hydrogen-bond donors (Lipinski definition) is 2. The second-order valence-corrected chi connectivity index (χ2v) is 8.70. The number of aliphatic hydroxyl groups excluding tert-OH is 1. The topological polar surface area (TPSA) is 75.6 Å². The summed E-state index contributed by atoms with van der Waals surface area (Å²) in [6.07, 6.45) is 24.2. The molecular formula is C35H45NO4. The Morgan fingerprint density at radius 1 is 0.950 bits per heavy atom. The first-order chi connectivity index (χ1) is 19.6. The van der Waals surface area contributed by atoms with Crippen molar-refractivity contribution in [1.82, 2.24) is 5.32 Å². The van der Waals surface area contributed by atoms with Crippen LogP contribution in [0.25, 0.3) is 0 Å². The van der Waals surface area contributed by atoms with Gasteiger partial charge in [-0.15, -0.1) is 0 Å². The monoisotopic (exact) mass is 543 g/mol. The molecule has 40 heavy (non-hydrogen) atoms. The van der Waals surface area contributed by atoms with E-state index >= 15 is 0 Å². The number of aliphatic hydroxyl groups is 1. The van der Waals surface area contributed by atoms with Crippen LogP contribution >= 0.6 is 0 Å². The van der Waals surface area contributed by atoms with Gasteiger partial charge in [-0.2, -0.15) is 0 Å². The molecule has 5 heteroatoms. The summed E-state index contributed by atoms with van der Waals surface area (Å²) in [5.41, 5.74) is 5.25. The highest BCUT2D eigenvalue weighted by Crippen LogP contribution is 2.27. The van der Waals surface area contributed by atoms with Crippen molar-refractivity contribution in [2.24, 2.45) is 0 Å². The highest BCUT2D eigenvalue weighted by molar-refractivity contribution is 5.97. The van der Waals surface area contributed by atoms with E-state index in [0.717, 1.165) is 36.7 Å². The van der Waals surface area contributed by atoms with Gasteiger partial charge >= 0.3 is 0 Å². The second-order valence-electron chi connectivity index (χ2n) is 8.70. The zero-order valence-electron chi connectivity index (χ0n) is 24.6. The van der Waals surface area contributed by atoms with Crippen LogP contribution in [0.15, 0.2) is 131 Å². The number of ether oxygens (including phenoxy) is 1. The number of fused-ring (bicyclic) bond motifs is 1. The van der Waals surface area contributed by atoms with Gasteiger partial charge in [0.2, 0.25) is 0 Å². The molecule has 1 unspecified atom stereocenters. The van der Waals surface area contributed by atoms with E-state index in [2.05, 4.69) is 48.7 Å². The predicted octanol–water partition coefficient (Wildman–Crippen LogP) is 7.28. The molecule has 1 aromatic rings. The Kier molecular flexibility index (Phi) is 17.8. The van der Waals surface area contributed by atoms with Crippen LogP contribution in [0.1, 0.15) is 53.4 Å². The molecule has 1 aromatic carbocycles. The summed E-state index contributed by atoms with van der Waals surface area (Å²) in [5, 5.41) is 9.76. The fourth-order valence-electron chi connectivity index (χ4n) is 3.78. The number of nitrogens with one attached hydrogen (secondary N) is 1. The summed E-state index contributed by atoms with van der Waals surface area (Å²) in [5.74, 6) is 0.716. The van der Waals surface area contributed by atoms with Gasteiger partial charge in [-0.1, -0.05) is 106 Å². The molecule has 3 aliphatic carbocycles. The van der Waals surface area contributed by atoms with Crippen LogP contribution in [-0.2, 0) is 14.3 Å². The lowest BCUT2D eigenvalue weighted by Crippen LogP contribution is -2.36. The molecule has 1 amide bonds. The molecule has 0 radical (unpaired) electrons. The maximum absolute atomic E-state index is 12.4. The van der Waals surface area contributed by atoms with Crippen molar-refractivity contribution < 1.29 is 19.4 Å². The lowest BCUT2D eigenvalue weighted by atomic mass is 10.0. The first-order valence-corrected chi connectivity index (χ1v) is 14.0. The molecule has 0 fully saturated rings. The van der Waals surface area contributed by atoms with Gasteiger partial charge < -0.3 is 20.0 Å². The molecule has 0 aliphatic heterocycles. The minimum absolute atomic E-state index is 0.212. The van der Waals surface area contributed by atoms with Crippen LogP contribution < -0.4 is 5.32 Å². The lowest BCUT2D eigenvalue weighted by molar-refractivity contribution is -0.120. The van der Waals surface area contributed by atoms with Crippen LogP contribution in [0.4, 0.5) is 0 Å². The third-order valence-corrected chi connectivity index (χ3v) is 6.08. The van der Waals surface area contributed by atoms with Crippen molar-refractivity contribution in [2.75, 3.05) is 13.7 Å². The van der Waals surface area contributed by atoms with Crippen molar-refractivity contribution in [2.45, 2.75) is 59.4 Å². The van der Waals surface area contributed by atoms with E-state index in [1.54, 1.807) is 0 Å². The van der Waals surface area contributed by atoms with Crippen LogP contribution in [0.3, 0.4) is 0 Å². The first-order valence-electron chi connectivity index (χ1n) is 14.0. The summed E-state index contributed by atoms with van der Waals surface area (Å²) in [6.45, 7) is 8.54. The molecule has 3 aliphatic rings. The van der Waals surface area contributed by atoms with Crippen molar-refractivity contribution >= 4 is 12.2 Å². The Hall–Kier alpha value is -3.96. The lowest BCUT2D eigenvalue weighted by Gasteiger charge is -2.10. The molecule has 4 rings (SSSR count). The van der Waals surface area contributed by atoms with Gasteiger partial charge in [-0.25, -0.2) is 0 Å². The van der Waals surface area contributed by atoms with E-state index in [9.17, 15) is 9.59 Å². The maximum atomic E-state index is 12.4. The summed E-state index contributed by atoms with van der Waals surface area (Å²) in [4.78, 5) is 23.4. The van der Waals surface area contributed by atoms with Gasteiger partial charge in [0.1, 0.15) is 18.7 Å². The molecule has 2 N–H and O–H groups in total. The van der Waals surface area contributed by atoms with Gasteiger partial charge in [0.25, 0.3) is 5.91 Å². The number of allylic oxidation sites excluding steroid dienone is 11. The van der Waals surface area contributed by atoms with E-state index in [4.69, 9.17) is 9.84 Å². The molecule has 5 nitrogen and oxygen atoms in total. The molecule has 0 bridgehead atoms. The number of amides is 1.